The Bertz CT molecular complexity index is 558. The number of rotatable bonds is 4. The number of aromatic nitrogens is 3. The molecule has 0 atom stereocenters. The third-order valence-electron chi connectivity index (χ3n) is 2.47. The van der Waals surface area contributed by atoms with Crippen molar-refractivity contribution >= 4 is 27.7 Å². The average Bonchev–Trinajstić information content (AvgIpc) is 2.71. The molecule has 1 heterocycles. The smallest absolute Gasteiger partial charge is 0.191 e. The van der Waals surface area contributed by atoms with Gasteiger partial charge in [-0.05, 0) is 23.8 Å². The fourth-order valence-corrected chi connectivity index (χ4v) is 2.94. The second-order valence-electron chi connectivity index (χ2n) is 3.69. The Kier molecular flexibility index (Phi) is 4.36. The standard InChI is InChI=1S/C11H12BrFN4S/c1-17-10(5-14)15-16-11(17)18-6-7-4-8(13)2-3-9(7)12/h2-4H,5-6,14H2,1H3. The van der Waals surface area contributed by atoms with Gasteiger partial charge in [0.1, 0.15) is 11.6 Å². The molecule has 2 rings (SSSR count). The third-order valence-corrected chi connectivity index (χ3v) is 4.31. The van der Waals surface area contributed by atoms with Gasteiger partial charge in [-0.2, -0.15) is 0 Å². The van der Waals surface area contributed by atoms with Crippen LogP contribution < -0.4 is 5.73 Å². The lowest BCUT2D eigenvalue weighted by atomic mass is 10.2. The molecule has 0 amide bonds. The fourth-order valence-electron chi connectivity index (χ4n) is 1.44. The summed E-state index contributed by atoms with van der Waals surface area (Å²) in [5.41, 5.74) is 6.41. The average molecular weight is 331 g/mol. The minimum atomic E-state index is -0.241. The number of halogens is 2. The summed E-state index contributed by atoms with van der Waals surface area (Å²) in [6.07, 6.45) is 0. The molecule has 4 nitrogen and oxygen atoms in total. The Morgan fingerprint density at radius 2 is 2.22 bits per heavy atom. The molecule has 0 radical (unpaired) electrons. The number of hydrogen-bond acceptors (Lipinski definition) is 4. The van der Waals surface area contributed by atoms with E-state index >= 15 is 0 Å². The summed E-state index contributed by atoms with van der Waals surface area (Å²) < 4.78 is 15.9. The molecule has 0 unspecified atom stereocenters. The lowest BCUT2D eigenvalue weighted by Gasteiger charge is -2.05. The van der Waals surface area contributed by atoms with Gasteiger partial charge in [-0.1, -0.05) is 27.7 Å². The van der Waals surface area contributed by atoms with Gasteiger partial charge < -0.3 is 10.3 Å². The van der Waals surface area contributed by atoms with Crippen molar-refractivity contribution in [1.29, 1.82) is 0 Å². The van der Waals surface area contributed by atoms with Crippen LogP contribution in [0.4, 0.5) is 4.39 Å². The monoisotopic (exact) mass is 330 g/mol. The molecule has 0 aliphatic heterocycles. The Balaban J connectivity index is 2.11. The van der Waals surface area contributed by atoms with E-state index in [4.69, 9.17) is 5.73 Å². The van der Waals surface area contributed by atoms with Crippen LogP contribution in [0.3, 0.4) is 0 Å². The van der Waals surface area contributed by atoms with Crippen molar-refractivity contribution in [3.63, 3.8) is 0 Å². The summed E-state index contributed by atoms with van der Waals surface area (Å²) in [6, 6.07) is 4.64. The maximum atomic E-state index is 13.1. The molecular weight excluding hydrogens is 319 g/mol. The van der Waals surface area contributed by atoms with Gasteiger partial charge in [0.2, 0.25) is 0 Å². The second-order valence-corrected chi connectivity index (χ2v) is 5.48. The summed E-state index contributed by atoms with van der Waals surface area (Å²) in [6.45, 7) is 0.355. The van der Waals surface area contributed by atoms with Crippen LogP contribution in [-0.4, -0.2) is 14.8 Å². The van der Waals surface area contributed by atoms with Crippen LogP contribution in [0.5, 0.6) is 0 Å². The molecular formula is C11H12BrFN4S. The van der Waals surface area contributed by atoms with E-state index in [1.54, 1.807) is 6.07 Å². The molecule has 96 valence electrons. The van der Waals surface area contributed by atoms with Crippen LogP contribution in [0.1, 0.15) is 11.4 Å². The first-order valence-electron chi connectivity index (χ1n) is 5.27. The molecule has 7 heteroatoms. The molecule has 2 N–H and O–H groups in total. The molecule has 0 saturated heterocycles. The lowest BCUT2D eigenvalue weighted by Crippen LogP contribution is -2.05. The van der Waals surface area contributed by atoms with Gasteiger partial charge in [-0.25, -0.2) is 4.39 Å². The molecule has 0 spiro atoms. The highest BCUT2D eigenvalue weighted by Gasteiger charge is 2.09. The molecule has 18 heavy (non-hydrogen) atoms. The van der Waals surface area contributed by atoms with Crippen molar-refractivity contribution in [2.45, 2.75) is 17.5 Å². The Labute approximate surface area is 117 Å². The summed E-state index contributed by atoms with van der Waals surface area (Å²) in [7, 11) is 1.87. The van der Waals surface area contributed by atoms with Crippen LogP contribution in [0.15, 0.2) is 27.8 Å². The van der Waals surface area contributed by atoms with Crippen molar-refractivity contribution in [3.05, 3.63) is 39.9 Å². The van der Waals surface area contributed by atoms with Crippen LogP contribution in [0, 0.1) is 5.82 Å². The first-order chi connectivity index (χ1) is 8.61. The number of nitrogens with two attached hydrogens (primary N) is 1. The number of benzene rings is 1. The third kappa shape index (κ3) is 2.90. The van der Waals surface area contributed by atoms with Crippen LogP contribution >= 0.6 is 27.7 Å². The Morgan fingerprint density at radius 1 is 1.44 bits per heavy atom. The van der Waals surface area contributed by atoms with Gasteiger partial charge in [0.15, 0.2) is 5.16 Å². The first kappa shape index (κ1) is 13.5. The highest BCUT2D eigenvalue weighted by atomic mass is 79.9. The van der Waals surface area contributed by atoms with Crippen molar-refractivity contribution < 1.29 is 4.39 Å². The molecule has 0 aliphatic rings. The predicted molar refractivity (Wildman–Crippen MR) is 72.6 cm³/mol. The minimum Gasteiger partial charge on any atom is -0.324 e. The van der Waals surface area contributed by atoms with Crippen LogP contribution in [-0.2, 0) is 19.3 Å². The zero-order chi connectivity index (χ0) is 13.1. The van der Waals surface area contributed by atoms with Gasteiger partial charge in [0.25, 0.3) is 0 Å². The van der Waals surface area contributed by atoms with Gasteiger partial charge in [-0.3, -0.25) is 0 Å². The molecule has 1 aromatic carbocycles. The van der Waals surface area contributed by atoms with Crippen molar-refractivity contribution in [1.82, 2.24) is 14.8 Å². The first-order valence-corrected chi connectivity index (χ1v) is 7.04. The van der Waals surface area contributed by atoms with E-state index < -0.39 is 0 Å². The van der Waals surface area contributed by atoms with E-state index in [2.05, 4.69) is 26.1 Å². The van der Waals surface area contributed by atoms with Crippen LogP contribution in [0.25, 0.3) is 0 Å². The number of hydrogen-bond donors (Lipinski definition) is 1. The van der Waals surface area contributed by atoms with E-state index in [9.17, 15) is 4.39 Å². The van der Waals surface area contributed by atoms with E-state index in [-0.39, 0.29) is 5.82 Å². The molecule has 0 saturated carbocycles. The van der Waals surface area contributed by atoms with Crippen molar-refractivity contribution in [2.75, 3.05) is 0 Å². The van der Waals surface area contributed by atoms with E-state index in [1.807, 2.05) is 11.6 Å². The number of thioether (sulfide) groups is 1. The Morgan fingerprint density at radius 3 is 2.89 bits per heavy atom. The van der Waals surface area contributed by atoms with Gasteiger partial charge in [-0.15, -0.1) is 10.2 Å². The lowest BCUT2D eigenvalue weighted by molar-refractivity contribution is 0.626. The van der Waals surface area contributed by atoms with E-state index in [0.29, 0.717) is 12.3 Å². The van der Waals surface area contributed by atoms with Crippen LogP contribution in [0.2, 0.25) is 0 Å². The highest BCUT2D eigenvalue weighted by molar-refractivity contribution is 9.10. The normalized spacial score (nSPS) is 10.9. The minimum absolute atomic E-state index is 0.241. The molecule has 0 aliphatic carbocycles. The zero-order valence-corrected chi connectivity index (χ0v) is 12.1. The highest BCUT2D eigenvalue weighted by Crippen LogP contribution is 2.26. The topological polar surface area (TPSA) is 56.7 Å². The van der Waals surface area contributed by atoms with Gasteiger partial charge >= 0.3 is 0 Å². The molecule has 0 bridgehead atoms. The van der Waals surface area contributed by atoms with Crippen molar-refractivity contribution in [2.24, 2.45) is 12.8 Å². The molecule has 1 aromatic heterocycles. The Hall–Kier alpha value is -0.920. The van der Waals surface area contributed by atoms with Gasteiger partial charge in [0.05, 0.1) is 6.54 Å². The SMILES string of the molecule is Cn1c(CN)nnc1SCc1cc(F)ccc1Br. The maximum Gasteiger partial charge on any atom is 0.191 e. The van der Waals surface area contributed by atoms with E-state index in [0.717, 1.165) is 21.0 Å². The quantitative estimate of drug-likeness (QED) is 0.875. The number of nitrogens with zero attached hydrogens (tertiary/aromatic N) is 3. The summed E-state index contributed by atoms with van der Waals surface area (Å²) >= 11 is 4.89. The molecule has 2 aromatic rings. The maximum absolute atomic E-state index is 13.1. The zero-order valence-electron chi connectivity index (χ0n) is 9.73. The molecule has 0 fully saturated rings. The summed E-state index contributed by atoms with van der Waals surface area (Å²) in [4.78, 5) is 0. The van der Waals surface area contributed by atoms with Crippen molar-refractivity contribution in [3.8, 4) is 0 Å². The second kappa shape index (κ2) is 5.81. The van der Waals surface area contributed by atoms with Gasteiger partial charge in [0, 0.05) is 17.3 Å². The largest absolute Gasteiger partial charge is 0.324 e. The fraction of sp³-hybridized carbons (Fsp3) is 0.273. The van der Waals surface area contributed by atoms with E-state index in [1.165, 1.54) is 23.9 Å². The predicted octanol–water partition coefficient (Wildman–Crippen LogP) is 2.47. The summed E-state index contributed by atoms with van der Waals surface area (Å²) in [5, 5.41) is 8.78. The summed E-state index contributed by atoms with van der Waals surface area (Å²) in [5.74, 6) is 1.11.